The highest BCUT2D eigenvalue weighted by atomic mass is 19.1. The predicted molar refractivity (Wildman–Crippen MR) is 113 cm³/mol. The highest BCUT2D eigenvalue weighted by Crippen LogP contribution is 2.20. The van der Waals surface area contributed by atoms with Crippen molar-refractivity contribution in [3.63, 3.8) is 0 Å². The summed E-state index contributed by atoms with van der Waals surface area (Å²) < 4.78 is 14.1. The Labute approximate surface area is 174 Å². The molecule has 0 radical (unpaired) electrons. The molecule has 0 bridgehead atoms. The first-order valence-corrected chi connectivity index (χ1v) is 9.90. The Morgan fingerprint density at radius 2 is 1.77 bits per heavy atom. The van der Waals surface area contributed by atoms with E-state index in [1.54, 1.807) is 12.1 Å². The third-order valence-electron chi connectivity index (χ3n) is 5.30. The quantitative estimate of drug-likeness (QED) is 0.707. The average Bonchev–Trinajstić information content (AvgIpc) is 3.15. The van der Waals surface area contributed by atoms with Crippen LogP contribution >= 0.6 is 0 Å². The monoisotopic (exact) mass is 409 g/mol. The molecule has 8 nitrogen and oxygen atoms in total. The number of pyridine rings is 1. The summed E-state index contributed by atoms with van der Waals surface area (Å²) in [5.74, 6) is -0.729. The van der Waals surface area contributed by atoms with Crippen molar-refractivity contribution in [2.24, 2.45) is 0 Å². The molecule has 4 rings (SSSR count). The lowest BCUT2D eigenvalue weighted by molar-refractivity contribution is 0.0948. The summed E-state index contributed by atoms with van der Waals surface area (Å²) in [6.45, 7) is 8.38. The van der Waals surface area contributed by atoms with Crippen molar-refractivity contribution in [2.45, 2.75) is 19.9 Å². The molecule has 0 unspecified atom stereocenters. The molecule has 1 aliphatic heterocycles. The van der Waals surface area contributed by atoms with Gasteiger partial charge in [0.1, 0.15) is 11.5 Å². The second-order valence-electron chi connectivity index (χ2n) is 7.54. The Morgan fingerprint density at radius 3 is 2.37 bits per heavy atom. The smallest absolute Gasteiger partial charge is 0.281 e. The summed E-state index contributed by atoms with van der Waals surface area (Å²) >= 11 is 0. The Kier molecular flexibility index (Phi) is 5.45. The summed E-state index contributed by atoms with van der Waals surface area (Å²) in [7, 11) is 0. The van der Waals surface area contributed by atoms with Crippen LogP contribution in [0.3, 0.4) is 0 Å². The molecule has 3 heterocycles. The lowest BCUT2D eigenvalue weighted by Gasteiger charge is -2.38. The Morgan fingerprint density at radius 1 is 1.07 bits per heavy atom. The molecule has 0 aliphatic carbocycles. The van der Waals surface area contributed by atoms with Crippen molar-refractivity contribution in [3.05, 3.63) is 54.0 Å². The van der Waals surface area contributed by atoms with Crippen molar-refractivity contribution in [1.82, 2.24) is 24.6 Å². The molecular formula is C21H24FN7O. The number of hydrogen-bond donors (Lipinski definition) is 1. The van der Waals surface area contributed by atoms with Crippen molar-refractivity contribution < 1.29 is 9.18 Å². The molecule has 0 amide bonds. The normalized spacial score (nSPS) is 15.0. The number of nitrogens with two attached hydrogens (primary N) is 1. The fourth-order valence-electron chi connectivity index (χ4n) is 3.52. The number of benzene rings is 1. The molecule has 30 heavy (non-hydrogen) atoms. The number of rotatable bonds is 4. The summed E-state index contributed by atoms with van der Waals surface area (Å²) in [5, 5.41) is 4.15. The van der Waals surface area contributed by atoms with Gasteiger partial charge in [-0.25, -0.2) is 9.37 Å². The molecule has 2 aromatic heterocycles. The summed E-state index contributed by atoms with van der Waals surface area (Å²) in [5.41, 5.74) is 7.76. The predicted octanol–water partition coefficient (Wildman–Crippen LogP) is 2.28. The zero-order valence-electron chi connectivity index (χ0n) is 17.0. The maximum Gasteiger partial charge on any atom is 0.281 e. The molecule has 0 spiro atoms. The van der Waals surface area contributed by atoms with E-state index in [1.807, 2.05) is 12.1 Å². The van der Waals surface area contributed by atoms with Gasteiger partial charge in [0, 0.05) is 43.5 Å². The maximum absolute atomic E-state index is 13.1. The van der Waals surface area contributed by atoms with Gasteiger partial charge in [-0.15, -0.1) is 5.10 Å². The lowest BCUT2D eigenvalue weighted by atomic mass is 10.1. The highest BCUT2D eigenvalue weighted by molar-refractivity contribution is 5.97. The number of piperazine rings is 1. The number of carbonyl (C=O) groups excluding carboxylic acids is 1. The molecular weight excluding hydrogens is 385 g/mol. The number of carbonyl (C=O) groups is 1. The molecule has 3 aromatic rings. The van der Waals surface area contributed by atoms with Crippen molar-refractivity contribution in [1.29, 1.82) is 0 Å². The number of anilines is 2. The van der Waals surface area contributed by atoms with Crippen LogP contribution in [0.5, 0.6) is 0 Å². The van der Waals surface area contributed by atoms with E-state index in [0.717, 1.165) is 42.7 Å². The van der Waals surface area contributed by atoms with Gasteiger partial charge in [-0.1, -0.05) is 0 Å². The van der Waals surface area contributed by atoms with E-state index in [9.17, 15) is 9.18 Å². The van der Waals surface area contributed by atoms with Gasteiger partial charge < -0.3 is 10.6 Å². The van der Waals surface area contributed by atoms with Crippen LogP contribution in [0.15, 0.2) is 42.6 Å². The molecule has 1 aromatic carbocycles. The number of nitrogens with zero attached hydrogens (tertiary/aromatic N) is 6. The van der Waals surface area contributed by atoms with Crippen molar-refractivity contribution in [2.75, 3.05) is 36.8 Å². The minimum Gasteiger partial charge on any atom is -0.369 e. The van der Waals surface area contributed by atoms with Gasteiger partial charge >= 0.3 is 0 Å². The molecule has 9 heteroatoms. The van der Waals surface area contributed by atoms with E-state index in [1.165, 1.54) is 12.1 Å². The largest absolute Gasteiger partial charge is 0.369 e. The summed E-state index contributed by atoms with van der Waals surface area (Å²) in [6.07, 6.45) is 1.06. The van der Waals surface area contributed by atoms with Gasteiger partial charge in [-0.05, 0) is 50.2 Å². The van der Waals surface area contributed by atoms with Crippen LogP contribution < -0.4 is 10.6 Å². The van der Waals surface area contributed by atoms with Crippen LogP contribution in [-0.4, -0.2) is 62.8 Å². The van der Waals surface area contributed by atoms with Gasteiger partial charge in [-0.2, -0.15) is 9.67 Å². The zero-order chi connectivity index (χ0) is 21.3. The third kappa shape index (κ3) is 4.02. The molecule has 0 atom stereocenters. The average molecular weight is 409 g/mol. The van der Waals surface area contributed by atoms with Crippen molar-refractivity contribution >= 4 is 17.5 Å². The highest BCUT2D eigenvalue weighted by Gasteiger charge is 2.20. The first-order chi connectivity index (χ1) is 14.4. The van der Waals surface area contributed by atoms with Crippen LogP contribution in [-0.2, 0) is 0 Å². The van der Waals surface area contributed by atoms with Crippen LogP contribution in [0.4, 0.5) is 16.0 Å². The lowest BCUT2D eigenvalue weighted by Crippen LogP contribution is -2.48. The number of hydrogen-bond acceptors (Lipinski definition) is 7. The van der Waals surface area contributed by atoms with Gasteiger partial charge in [-0.3, -0.25) is 9.69 Å². The zero-order valence-corrected chi connectivity index (χ0v) is 17.0. The van der Waals surface area contributed by atoms with E-state index in [2.05, 4.69) is 38.7 Å². The second-order valence-corrected chi connectivity index (χ2v) is 7.54. The standard InChI is InChI=1S/C21H24FN7O/c1-14(2)27-9-11-28(12-10-27)17-6-3-15(4-7-17)20(30)29-21(23)25-19(26-29)18-8-5-16(22)13-24-18/h3-8,13-14H,9-12H2,1-2H3,(H2,23,25,26). The third-order valence-corrected chi connectivity index (χ3v) is 5.30. The summed E-state index contributed by atoms with van der Waals surface area (Å²) in [6, 6.07) is 10.7. The molecule has 1 fully saturated rings. The molecule has 156 valence electrons. The van der Waals surface area contributed by atoms with Gasteiger partial charge in [0.2, 0.25) is 11.8 Å². The van der Waals surface area contributed by atoms with E-state index < -0.39 is 5.82 Å². The molecule has 2 N–H and O–H groups in total. The molecule has 1 aliphatic rings. The summed E-state index contributed by atoms with van der Waals surface area (Å²) in [4.78, 5) is 25.6. The first-order valence-electron chi connectivity index (χ1n) is 9.90. The number of halogens is 1. The van der Waals surface area contributed by atoms with Gasteiger partial charge in [0.15, 0.2) is 0 Å². The Hall–Kier alpha value is -3.33. The molecule has 0 saturated carbocycles. The SMILES string of the molecule is CC(C)N1CCN(c2ccc(C(=O)n3nc(-c4ccc(F)cn4)nc3N)cc2)CC1. The number of nitrogen functional groups attached to an aromatic ring is 1. The second kappa shape index (κ2) is 8.19. The Bertz CT molecular complexity index is 1020. The van der Waals surface area contributed by atoms with Crippen LogP contribution in [0.25, 0.3) is 11.5 Å². The van der Waals surface area contributed by atoms with E-state index in [4.69, 9.17) is 5.73 Å². The fraction of sp³-hybridized carbons (Fsp3) is 0.333. The van der Waals surface area contributed by atoms with E-state index in [-0.39, 0.29) is 17.7 Å². The number of aromatic nitrogens is 4. The maximum atomic E-state index is 13.1. The van der Waals surface area contributed by atoms with Crippen molar-refractivity contribution in [3.8, 4) is 11.5 Å². The minimum absolute atomic E-state index is 0.0463. The molecule has 1 saturated heterocycles. The van der Waals surface area contributed by atoms with E-state index in [0.29, 0.717) is 17.3 Å². The van der Waals surface area contributed by atoms with E-state index >= 15 is 0 Å². The van der Waals surface area contributed by atoms with Gasteiger partial charge in [0.25, 0.3) is 5.91 Å². The van der Waals surface area contributed by atoms with Crippen LogP contribution in [0, 0.1) is 5.82 Å². The van der Waals surface area contributed by atoms with Crippen LogP contribution in [0.1, 0.15) is 24.2 Å². The minimum atomic E-state index is -0.465. The Balaban J connectivity index is 1.48. The van der Waals surface area contributed by atoms with Gasteiger partial charge in [0.05, 0.1) is 6.20 Å². The van der Waals surface area contributed by atoms with Crippen LogP contribution in [0.2, 0.25) is 0 Å². The first kappa shape index (κ1) is 20.0. The topological polar surface area (TPSA) is 93.2 Å². The fourth-order valence-corrected chi connectivity index (χ4v) is 3.52.